The fourth-order valence-electron chi connectivity index (χ4n) is 4.73. The first-order valence-electron chi connectivity index (χ1n) is 13.7. The second kappa shape index (κ2) is 18.6. The van der Waals surface area contributed by atoms with Gasteiger partial charge in [0.05, 0.1) is 12.5 Å². The molecule has 0 aliphatic carbocycles. The minimum atomic E-state index is -1.06. The molecule has 4 atom stereocenters. The third-order valence-corrected chi connectivity index (χ3v) is 6.80. The van der Waals surface area contributed by atoms with Crippen molar-refractivity contribution in [2.75, 3.05) is 6.61 Å². The monoisotopic (exact) mass is 536 g/mol. The number of unbranched alkanes of at least 4 members (excludes halogenated alkanes) is 10. The van der Waals surface area contributed by atoms with Crippen LogP contribution < -0.4 is 0 Å². The number of aliphatic hydroxyl groups is 1. The van der Waals surface area contributed by atoms with Crippen LogP contribution in [-0.4, -0.2) is 85.0 Å². The summed E-state index contributed by atoms with van der Waals surface area (Å²) in [4.78, 5) is 24.1. The van der Waals surface area contributed by atoms with Gasteiger partial charge in [-0.05, 0) is 32.1 Å². The van der Waals surface area contributed by atoms with Crippen molar-refractivity contribution in [2.24, 2.45) is 11.8 Å². The van der Waals surface area contributed by atoms with Gasteiger partial charge in [0.1, 0.15) is 6.10 Å². The molecular weight excluding hydrogens is 488 g/mol. The summed E-state index contributed by atoms with van der Waals surface area (Å²) < 4.78 is 16.8. The Morgan fingerprint density at radius 2 is 1.61 bits per heavy atom. The van der Waals surface area contributed by atoms with E-state index in [1.807, 2.05) is 13.8 Å². The van der Waals surface area contributed by atoms with Crippen LogP contribution in [0.1, 0.15) is 107 Å². The van der Waals surface area contributed by atoms with E-state index in [1.54, 1.807) is 0 Å². The number of hydrogen-bond acceptors (Lipinski definition) is 6. The Kier molecular flexibility index (Phi) is 17.3. The topological polar surface area (TPSA) is 102 Å². The molecule has 2 heterocycles. The van der Waals surface area contributed by atoms with Crippen molar-refractivity contribution in [3.05, 3.63) is 23.5 Å². The van der Waals surface area contributed by atoms with Gasteiger partial charge < -0.3 is 27.3 Å². The van der Waals surface area contributed by atoms with Gasteiger partial charge in [-0.2, -0.15) is 0 Å². The summed E-state index contributed by atoms with van der Waals surface area (Å²) in [6.45, 7) is 6.33. The number of aliphatic carboxylic acids is 1. The second-order valence-corrected chi connectivity index (χ2v) is 10.2. The predicted molar refractivity (Wildman–Crippen MR) is 143 cm³/mol. The summed E-state index contributed by atoms with van der Waals surface area (Å²) in [6.07, 6.45) is 16.7. The number of ether oxygens (including phenoxy) is 3. The van der Waals surface area contributed by atoms with Gasteiger partial charge >= 0.3 is 49.7 Å². The van der Waals surface area contributed by atoms with E-state index >= 15 is 0 Å². The van der Waals surface area contributed by atoms with Crippen LogP contribution in [0.25, 0.3) is 0 Å². The Morgan fingerprint density at radius 1 is 1.03 bits per heavy atom. The molecule has 204 valence electrons. The molecule has 8 heteroatoms. The summed E-state index contributed by atoms with van der Waals surface area (Å²) in [5, 5.41) is 20.2. The fraction of sp³-hybridized carbons (Fsp3) is 0.786. The van der Waals surface area contributed by atoms with E-state index in [-0.39, 0.29) is 58.7 Å². The largest absolute Gasteiger partial charge is 2.00 e. The van der Waals surface area contributed by atoms with Crippen molar-refractivity contribution in [2.45, 2.75) is 123 Å². The Balaban J connectivity index is 0. The predicted octanol–water partition coefficient (Wildman–Crippen LogP) is 6.31. The normalized spacial score (nSPS) is 22.9. The van der Waals surface area contributed by atoms with Crippen LogP contribution in [0.2, 0.25) is 0 Å². The number of esters is 1. The summed E-state index contributed by atoms with van der Waals surface area (Å²) in [7, 11) is 0. The molecule has 4 unspecified atom stereocenters. The van der Waals surface area contributed by atoms with Gasteiger partial charge in [-0.3, -0.25) is 4.79 Å². The van der Waals surface area contributed by atoms with Gasteiger partial charge in [0.2, 0.25) is 5.76 Å². The third-order valence-electron chi connectivity index (χ3n) is 6.80. The molecule has 0 aromatic rings. The summed E-state index contributed by atoms with van der Waals surface area (Å²) >= 11 is 0. The van der Waals surface area contributed by atoms with E-state index in [9.17, 15) is 19.8 Å². The summed E-state index contributed by atoms with van der Waals surface area (Å²) in [5.74, 6) is -3.41. The van der Waals surface area contributed by atoms with Crippen molar-refractivity contribution in [3.8, 4) is 0 Å². The Morgan fingerprint density at radius 3 is 2.17 bits per heavy atom. The molecular formula is C28H48CaO7. The van der Waals surface area contributed by atoms with E-state index in [4.69, 9.17) is 14.2 Å². The smallest absolute Gasteiger partial charge is 1.00 e. The molecule has 0 spiro atoms. The zero-order valence-corrected chi connectivity index (χ0v) is 24.8. The Labute approximate surface area is 250 Å². The number of hydrogen-bond donors (Lipinski definition) is 2. The van der Waals surface area contributed by atoms with Crippen molar-refractivity contribution in [1.29, 1.82) is 0 Å². The van der Waals surface area contributed by atoms with Crippen LogP contribution in [-0.2, 0) is 23.8 Å². The number of carbonyl (C=O) groups is 2. The third kappa shape index (κ3) is 11.0. The Hall–Kier alpha value is -0.600. The van der Waals surface area contributed by atoms with E-state index in [0.29, 0.717) is 12.8 Å². The van der Waals surface area contributed by atoms with Gasteiger partial charge in [-0.15, -0.1) is 0 Å². The molecule has 0 saturated carbocycles. The van der Waals surface area contributed by atoms with Crippen LogP contribution >= 0.6 is 0 Å². The van der Waals surface area contributed by atoms with E-state index in [1.165, 1.54) is 38.5 Å². The summed E-state index contributed by atoms with van der Waals surface area (Å²) in [5.41, 5.74) is 0.123. The van der Waals surface area contributed by atoms with Crippen molar-refractivity contribution in [1.82, 2.24) is 0 Å². The molecule has 2 N–H and O–H groups in total. The molecule has 0 bridgehead atoms. The minimum Gasteiger partial charge on any atom is -1.00 e. The van der Waals surface area contributed by atoms with E-state index in [2.05, 4.69) is 19.1 Å². The number of carbonyl (C=O) groups excluding carboxylic acids is 1. The number of carboxylic acids is 1. The molecule has 0 aromatic heterocycles. The summed E-state index contributed by atoms with van der Waals surface area (Å²) in [6, 6.07) is 0. The number of allylic oxidation sites excluding steroid dienone is 2. The number of rotatable bonds is 18. The SMILES string of the molecule is CCCCCCCC/C=C\CCCCCCC(C(=O)O)C1=C(O)C(=O)OC1C1COC(C(C)C)O1.[Ca+2].[H-].[H-]. The average Bonchev–Trinajstić information content (AvgIpc) is 3.42. The average molecular weight is 537 g/mol. The van der Waals surface area contributed by atoms with Gasteiger partial charge in [-0.1, -0.05) is 84.3 Å². The molecule has 2 aliphatic rings. The Bertz CT molecular complexity index is 730. The quantitative estimate of drug-likeness (QED) is 0.0915. The molecule has 0 aromatic carbocycles. The van der Waals surface area contributed by atoms with Crippen LogP contribution in [0.4, 0.5) is 0 Å². The van der Waals surface area contributed by atoms with Crippen LogP contribution in [0.5, 0.6) is 0 Å². The maximum absolute atomic E-state index is 12.1. The molecule has 1 fully saturated rings. The standard InChI is InChI=1S/C28H46O7.Ca.2H/c1-4-5-6-7-8-9-10-11-12-13-14-15-16-17-18-21(26(30)31)23-24(29)27(32)35-25(23)22-19-33-28(34-22)20(2)3;;;/h11-12,20-22,25,28-29H,4-10,13-19H2,1-3H3,(H,30,31);;;/q;+2;2*-1/b12-11-;;;. The molecule has 36 heavy (non-hydrogen) atoms. The van der Waals surface area contributed by atoms with Crippen LogP contribution in [0, 0.1) is 11.8 Å². The van der Waals surface area contributed by atoms with Crippen molar-refractivity contribution >= 4 is 49.7 Å². The first-order chi connectivity index (χ1) is 16.9. The van der Waals surface area contributed by atoms with Crippen LogP contribution in [0.15, 0.2) is 23.5 Å². The number of aliphatic hydroxyl groups excluding tert-OH is 1. The van der Waals surface area contributed by atoms with Crippen LogP contribution in [0.3, 0.4) is 0 Å². The van der Waals surface area contributed by atoms with Gasteiger partial charge in [-0.25, -0.2) is 4.79 Å². The molecule has 0 amide bonds. The molecule has 0 radical (unpaired) electrons. The first kappa shape index (κ1) is 33.4. The van der Waals surface area contributed by atoms with Gasteiger partial charge in [0, 0.05) is 11.5 Å². The van der Waals surface area contributed by atoms with Gasteiger partial charge in [0.15, 0.2) is 12.4 Å². The molecule has 1 saturated heterocycles. The fourth-order valence-corrected chi connectivity index (χ4v) is 4.73. The maximum Gasteiger partial charge on any atom is 2.00 e. The second-order valence-electron chi connectivity index (χ2n) is 10.2. The first-order valence-corrected chi connectivity index (χ1v) is 13.7. The number of cyclic esters (lactones) is 1. The van der Waals surface area contributed by atoms with Crippen molar-refractivity contribution < 1.29 is 36.9 Å². The maximum atomic E-state index is 12.1. The minimum absolute atomic E-state index is 0. The van der Waals surface area contributed by atoms with Gasteiger partial charge in [0.25, 0.3) is 0 Å². The zero-order valence-electron chi connectivity index (χ0n) is 24.6. The molecule has 2 aliphatic heterocycles. The molecule has 7 nitrogen and oxygen atoms in total. The zero-order chi connectivity index (χ0) is 25.6. The van der Waals surface area contributed by atoms with E-state index < -0.39 is 42.1 Å². The van der Waals surface area contributed by atoms with E-state index in [0.717, 1.165) is 32.1 Å². The molecule has 2 rings (SSSR count). The van der Waals surface area contributed by atoms with Crippen molar-refractivity contribution in [3.63, 3.8) is 0 Å². The number of carboxylic acid groups (broad SMARTS) is 1.